The van der Waals surface area contributed by atoms with Crippen LogP contribution in [0.4, 0.5) is 0 Å². The molecule has 0 unspecified atom stereocenters. The highest BCUT2D eigenvalue weighted by atomic mass is 79.9. The van der Waals surface area contributed by atoms with Gasteiger partial charge in [0.2, 0.25) is 11.7 Å². The van der Waals surface area contributed by atoms with Gasteiger partial charge in [0.25, 0.3) is 0 Å². The van der Waals surface area contributed by atoms with Gasteiger partial charge in [0, 0.05) is 6.54 Å². The maximum Gasteiger partial charge on any atom is 0.238 e. The van der Waals surface area contributed by atoms with Crippen molar-refractivity contribution in [3.8, 4) is 11.6 Å². The molecule has 1 aliphatic rings. The van der Waals surface area contributed by atoms with Crippen LogP contribution in [0.25, 0.3) is 11.6 Å². The van der Waals surface area contributed by atoms with E-state index in [1.165, 1.54) is 0 Å². The van der Waals surface area contributed by atoms with Gasteiger partial charge in [-0.2, -0.15) is 4.98 Å². The van der Waals surface area contributed by atoms with Crippen LogP contribution in [-0.4, -0.2) is 23.2 Å². The number of hydrogen-bond donors (Lipinski definition) is 1. The fourth-order valence-electron chi connectivity index (χ4n) is 1.80. The van der Waals surface area contributed by atoms with Crippen molar-refractivity contribution >= 4 is 15.9 Å². The summed E-state index contributed by atoms with van der Waals surface area (Å²) in [7, 11) is 0. The minimum Gasteiger partial charge on any atom is -0.446 e. The molecule has 1 N–H and O–H groups in total. The fraction of sp³-hybridized carbons (Fsp3) is 0.400. The molecule has 0 saturated carbocycles. The second-order valence-electron chi connectivity index (χ2n) is 3.75. The molecule has 6 heteroatoms. The minimum atomic E-state index is 0.333. The first kappa shape index (κ1) is 10.0. The summed E-state index contributed by atoms with van der Waals surface area (Å²) >= 11 is 3.24. The second-order valence-corrected chi connectivity index (χ2v) is 4.53. The third-order valence-electron chi connectivity index (χ3n) is 2.64. The number of furan rings is 1. The Morgan fingerprint density at radius 3 is 3.06 bits per heavy atom. The summed E-state index contributed by atoms with van der Waals surface area (Å²) in [5.74, 6) is 2.15. The molecule has 0 aliphatic carbocycles. The molecule has 0 radical (unpaired) electrons. The average molecular weight is 284 g/mol. The molecule has 2 aromatic heterocycles. The SMILES string of the molecule is Brc1ccc(-c2noc([C@@H]3CCNC3)n2)o1. The molecule has 3 rings (SSSR count). The van der Waals surface area contributed by atoms with E-state index in [1.54, 1.807) is 0 Å². The summed E-state index contributed by atoms with van der Waals surface area (Å²) in [6.45, 7) is 1.91. The minimum absolute atomic E-state index is 0.333. The largest absolute Gasteiger partial charge is 0.446 e. The van der Waals surface area contributed by atoms with Gasteiger partial charge in [0.1, 0.15) is 0 Å². The van der Waals surface area contributed by atoms with E-state index < -0.39 is 0 Å². The molecule has 1 atom stereocenters. The van der Waals surface area contributed by atoms with Crippen molar-refractivity contribution in [1.29, 1.82) is 0 Å². The van der Waals surface area contributed by atoms with Crippen LogP contribution < -0.4 is 5.32 Å². The molecule has 0 spiro atoms. The van der Waals surface area contributed by atoms with E-state index in [2.05, 4.69) is 31.4 Å². The summed E-state index contributed by atoms with van der Waals surface area (Å²) in [6, 6.07) is 3.62. The molecule has 0 amide bonds. The lowest BCUT2D eigenvalue weighted by Crippen LogP contribution is -2.08. The lowest BCUT2D eigenvalue weighted by atomic mass is 10.1. The van der Waals surface area contributed by atoms with Gasteiger partial charge >= 0.3 is 0 Å². The fourth-order valence-corrected chi connectivity index (χ4v) is 2.11. The van der Waals surface area contributed by atoms with Crippen LogP contribution in [0.15, 0.2) is 25.7 Å². The maximum absolute atomic E-state index is 5.36. The van der Waals surface area contributed by atoms with E-state index in [-0.39, 0.29) is 0 Å². The predicted octanol–water partition coefficient (Wildman–Crippen LogP) is 2.17. The molecule has 84 valence electrons. The van der Waals surface area contributed by atoms with Gasteiger partial charge < -0.3 is 14.3 Å². The highest BCUT2D eigenvalue weighted by Crippen LogP contribution is 2.26. The van der Waals surface area contributed by atoms with Gasteiger partial charge in [-0.3, -0.25) is 0 Å². The molecule has 0 aromatic carbocycles. The third-order valence-corrected chi connectivity index (χ3v) is 3.07. The molecule has 0 bridgehead atoms. The van der Waals surface area contributed by atoms with Gasteiger partial charge in [-0.1, -0.05) is 5.16 Å². The second kappa shape index (κ2) is 4.03. The predicted molar refractivity (Wildman–Crippen MR) is 59.9 cm³/mol. The third kappa shape index (κ3) is 1.78. The molecule has 1 saturated heterocycles. The summed E-state index contributed by atoms with van der Waals surface area (Å²) in [4.78, 5) is 4.34. The zero-order valence-corrected chi connectivity index (χ0v) is 10.0. The van der Waals surface area contributed by atoms with Crippen LogP contribution in [0.2, 0.25) is 0 Å². The van der Waals surface area contributed by atoms with Gasteiger partial charge in [-0.25, -0.2) is 0 Å². The average Bonchev–Trinajstić information content (AvgIpc) is 2.97. The van der Waals surface area contributed by atoms with Crippen LogP contribution in [0.1, 0.15) is 18.2 Å². The first-order chi connectivity index (χ1) is 7.83. The standard InChI is InChI=1S/C10H10BrN3O2/c11-8-2-1-7(15-8)9-13-10(16-14-9)6-3-4-12-5-6/h1-2,6,12H,3-5H2/t6-/m1/s1. The van der Waals surface area contributed by atoms with Gasteiger partial charge in [0.15, 0.2) is 10.4 Å². The van der Waals surface area contributed by atoms with Gasteiger partial charge in [-0.15, -0.1) is 0 Å². The molecule has 3 heterocycles. The Bertz CT molecular complexity index is 488. The van der Waals surface area contributed by atoms with Crippen LogP contribution in [0.5, 0.6) is 0 Å². The van der Waals surface area contributed by atoms with Crippen molar-refractivity contribution in [2.45, 2.75) is 12.3 Å². The monoisotopic (exact) mass is 283 g/mol. The lowest BCUT2D eigenvalue weighted by Gasteiger charge is -1.98. The Hall–Kier alpha value is -1.14. The van der Waals surface area contributed by atoms with Crippen molar-refractivity contribution in [2.24, 2.45) is 0 Å². The molecule has 5 nitrogen and oxygen atoms in total. The highest BCUT2D eigenvalue weighted by Gasteiger charge is 2.23. The van der Waals surface area contributed by atoms with Crippen molar-refractivity contribution in [3.63, 3.8) is 0 Å². The topological polar surface area (TPSA) is 64.1 Å². The van der Waals surface area contributed by atoms with Crippen LogP contribution >= 0.6 is 15.9 Å². The highest BCUT2D eigenvalue weighted by molar-refractivity contribution is 9.10. The van der Waals surface area contributed by atoms with Crippen LogP contribution in [0.3, 0.4) is 0 Å². The molecule has 1 fully saturated rings. The van der Waals surface area contributed by atoms with Crippen molar-refractivity contribution in [1.82, 2.24) is 15.5 Å². The number of hydrogen-bond acceptors (Lipinski definition) is 5. The Morgan fingerprint density at radius 2 is 2.38 bits per heavy atom. The zero-order valence-electron chi connectivity index (χ0n) is 8.44. The van der Waals surface area contributed by atoms with E-state index in [0.717, 1.165) is 19.5 Å². The molecular formula is C10H10BrN3O2. The lowest BCUT2D eigenvalue weighted by molar-refractivity contribution is 0.358. The van der Waals surface area contributed by atoms with E-state index in [1.807, 2.05) is 12.1 Å². The van der Waals surface area contributed by atoms with E-state index in [4.69, 9.17) is 8.94 Å². The maximum atomic E-state index is 5.36. The molecule has 16 heavy (non-hydrogen) atoms. The normalized spacial score (nSPS) is 20.4. The number of aromatic nitrogens is 2. The van der Waals surface area contributed by atoms with Gasteiger partial charge in [-0.05, 0) is 41.0 Å². The Morgan fingerprint density at radius 1 is 1.44 bits per heavy atom. The first-order valence-electron chi connectivity index (χ1n) is 5.13. The smallest absolute Gasteiger partial charge is 0.238 e. The molecular weight excluding hydrogens is 274 g/mol. The summed E-state index contributed by atoms with van der Waals surface area (Å²) in [5, 5.41) is 7.18. The number of halogens is 1. The summed E-state index contributed by atoms with van der Waals surface area (Å²) in [6.07, 6.45) is 1.05. The van der Waals surface area contributed by atoms with Gasteiger partial charge in [0.05, 0.1) is 5.92 Å². The van der Waals surface area contributed by atoms with Crippen LogP contribution in [-0.2, 0) is 0 Å². The Kier molecular flexibility index (Phi) is 2.53. The number of rotatable bonds is 2. The van der Waals surface area contributed by atoms with Crippen molar-refractivity contribution in [2.75, 3.05) is 13.1 Å². The van der Waals surface area contributed by atoms with E-state index in [9.17, 15) is 0 Å². The van der Waals surface area contributed by atoms with E-state index in [0.29, 0.717) is 28.1 Å². The van der Waals surface area contributed by atoms with Crippen molar-refractivity contribution in [3.05, 3.63) is 22.7 Å². The Balaban J connectivity index is 1.87. The van der Waals surface area contributed by atoms with Crippen molar-refractivity contribution < 1.29 is 8.94 Å². The number of nitrogens with zero attached hydrogens (tertiary/aromatic N) is 2. The molecule has 1 aliphatic heterocycles. The molecule has 2 aromatic rings. The quantitative estimate of drug-likeness (QED) is 0.915. The number of nitrogens with one attached hydrogen (secondary N) is 1. The first-order valence-corrected chi connectivity index (χ1v) is 5.92. The van der Waals surface area contributed by atoms with Crippen LogP contribution in [0, 0.1) is 0 Å². The summed E-state index contributed by atoms with van der Waals surface area (Å²) < 4.78 is 11.3. The zero-order chi connectivity index (χ0) is 11.0. The van der Waals surface area contributed by atoms with E-state index >= 15 is 0 Å². The Labute approximate surface area is 100 Å². The summed E-state index contributed by atoms with van der Waals surface area (Å²) in [5.41, 5.74) is 0.